The number of hydrogen-bond acceptors (Lipinski definition) is 3. The van der Waals surface area contributed by atoms with Gasteiger partial charge in [0.25, 0.3) is 0 Å². The number of hydrogen-bond donors (Lipinski definition) is 5. The molecule has 0 amide bonds. The van der Waals surface area contributed by atoms with E-state index in [9.17, 15) is 0 Å². The largest absolute Gasteiger partial charge is 0.466 e. The molecule has 0 spiro atoms. The van der Waals surface area contributed by atoms with Crippen LogP contribution in [-0.4, -0.2) is 14.7 Å². The fourth-order valence-electron chi connectivity index (χ4n) is 0.520. The first-order valence-corrected chi connectivity index (χ1v) is 6.11. The van der Waals surface area contributed by atoms with Gasteiger partial charge in [-0.1, -0.05) is 34.8 Å². The van der Waals surface area contributed by atoms with Crippen LogP contribution >= 0.6 is 42.6 Å². The number of benzene rings is 1. The molecule has 0 saturated heterocycles. The van der Waals surface area contributed by atoms with Crippen molar-refractivity contribution in [2.75, 3.05) is 0 Å². The topological polar surface area (TPSA) is 130 Å². The third-order valence-corrected chi connectivity index (χ3v) is 1.48. The third-order valence-electron chi connectivity index (χ3n) is 0.827. The Morgan fingerprint density at radius 1 is 0.875 bits per heavy atom. The number of nitrogens with two attached hydrogens (primary N) is 2. The molecule has 0 aliphatic carbocycles. The minimum absolute atomic E-state index is 0.563. The van der Waals surface area contributed by atoms with Crippen LogP contribution in [0.1, 0.15) is 0 Å². The van der Waals surface area contributed by atoms with E-state index in [1.165, 1.54) is 0 Å². The van der Waals surface area contributed by atoms with Crippen LogP contribution in [0.5, 0.6) is 0 Å². The summed E-state index contributed by atoms with van der Waals surface area (Å²) in [5.74, 6) is 8.00. The van der Waals surface area contributed by atoms with Gasteiger partial charge in [0.1, 0.15) is 0 Å². The van der Waals surface area contributed by atoms with Gasteiger partial charge in [-0.2, -0.15) is 0 Å². The Kier molecular flexibility index (Phi) is 10.6. The minimum Gasteiger partial charge on any atom is -0.303 e. The second-order valence-electron chi connectivity index (χ2n) is 2.10. The molecule has 10 heteroatoms. The van der Waals surface area contributed by atoms with Gasteiger partial charge >= 0.3 is 7.82 Å². The van der Waals surface area contributed by atoms with Gasteiger partial charge in [-0.3, -0.25) is 11.7 Å². The predicted octanol–water partition coefficient (Wildman–Crippen LogP) is 1.54. The van der Waals surface area contributed by atoms with Crippen LogP contribution < -0.4 is 11.7 Å². The average molecular weight is 311 g/mol. The first-order valence-electron chi connectivity index (χ1n) is 3.41. The van der Waals surface area contributed by atoms with Gasteiger partial charge in [-0.15, -0.1) is 0 Å². The second-order valence-corrected chi connectivity index (χ2v) is 4.44. The normalized spacial score (nSPS) is 9.50. The summed E-state index contributed by atoms with van der Waals surface area (Å²) in [6, 6.07) is 4.90. The van der Waals surface area contributed by atoms with Gasteiger partial charge in [-0.25, -0.2) is 4.57 Å². The maximum Gasteiger partial charge on any atom is 0.466 e. The highest BCUT2D eigenvalue weighted by Gasteiger charge is 2.00. The van der Waals surface area contributed by atoms with Crippen molar-refractivity contribution in [3.05, 3.63) is 33.3 Å². The highest BCUT2D eigenvalue weighted by molar-refractivity contribution is 7.45. The molecule has 0 heterocycles. The van der Waals surface area contributed by atoms with Gasteiger partial charge in [0.2, 0.25) is 0 Å². The fraction of sp³-hybridized carbons (Fsp3) is 0. The lowest BCUT2D eigenvalue weighted by molar-refractivity contribution is 0.275. The molecule has 0 saturated carbocycles. The van der Waals surface area contributed by atoms with Crippen molar-refractivity contribution in [3.8, 4) is 0 Å². The third kappa shape index (κ3) is 16.5. The Hall–Kier alpha value is 0.120. The van der Waals surface area contributed by atoms with Crippen LogP contribution in [-0.2, 0) is 4.57 Å². The Bertz CT molecular complexity index is 301. The highest BCUT2D eigenvalue weighted by Crippen LogP contribution is 2.25. The molecular weight excluding hydrogens is 301 g/mol. The van der Waals surface area contributed by atoms with E-state index in [4.69, 9.17) is 54.0 Å². The summed E-state index contributed by atoms with van der Waals surface area (Å²) >= 11 is 16.7. The van der Waals surface area contributed by atoms with Crippen LogP contribution in [0.2, 0.25) is 15.1 Å². The van der Waals surface area contributed by atoms with Crippen molar-refractivity contribution in [3.63, 3.8) is 0 Å². The maximum atomic E-state index is 8.88. The van der Waals surface area contributed by atoms with E-state index in [0.717, 1.165) is 0 Å². The second kappa shape index (κ2) is 9.18. The van der Waals surface area contributed by atoms with Gasteiger partial charge < -0.3 is 14.7 Å². The molecule has 7 N–H and O–H groups in total. The van der Waals surface area contributed by atoms with Crippen molar-refractivity contribution in [2.45, 2.75) is 0 Å². The summed E-state index contributed by atoms with van der Waals surface area (Å²) in [4.78, 5) is 21.6. The lowest BCUT2D eigenvalue weighted by Crippen LogP contribution is -2.02. The Balaban J connectivity index is 0. The molecule has 16 heavy (non-hydrogen) atoms. The summed E-state index contributed by atoms with van der Waals surface area (Å²) < 4.78 is 8.88. The molecule has 0 aromatic heterocycles. The van der Waals surface area contributed by atoms with Gasteiger partial charge in [0.05, 0.1) is 0 Å². The first kappa shape index (κ1) is 18.5. The summed E-state index contributed by atoms with van der Waals surface area (Å²) in [5, 5.41) is 1.69. The van der Waals surface area contributed by atoms with Crippen molar-refractivity contribution >= 4 is 42.6 Å². The molecule has 1 rings (SSSR count). The van der Waals surface area contributed by atoms with E-state index in [1.54, 1.807) is 18.2 Å². The van der Waals surface area contributed by atoms with Crippen LogP contribution in [0, 0.1) is 0 Å². The van der Waals surface area contributed by atoms with Gasteiger partial charge in [0, 0.05) is 15.1 Å². The zero-order chi connectivity index (χ0) is 13.4. The molecular formula is C6H10Cl3N2O4P. The lowest BCUT2D eigenvalue weighted by atomic mass is 10.4. The first-order chi connectivity index (χ1) is 7.18. The Labute approximate surface area is 107 Å². The molecule has 94 valence electrons. The molecule has 6 nitrogen and oxygen atoms in total. The quantitative estimate of drug-likeness (QED) is 0.281. The van der Waals surface area contributed by atoms with Crippen LogP contribution in [0.4, 0.5) is 0 Å². The van der Waals surface area contributed by atoms with E-state index in [0.29, 0.717) is 15.1 Å². The zero-order valence-electron chi connectivity index (χ0n) is 7.72. The summed E-state index contributed by atoms with van der Waals surface area (Å²) in [5.41, 5.74) is 0. The van der Waals surface area contributed by atoms with E-state index in [2.05, 4.69) is 11.7 Å². The molecule has 0 fully saturated rings. The highest BCUT2D eigenvalue weighted by atomic mass is 35.5. The number of phosphoric acid groups is 1. The minimum atomic E-state index is -4.64. The lowest BCUT2D eigenvalue weighted by Gasteiger charge is -1.91. The molecule has 0 aliphatic rings. The standard InChI is InChI=1S/C6H3Cl3.H4N2.H3O4P/c7-4-1-5(8)3-6(9)2-4;1-2;1-5(2,3)4/h1-3H;1-2H2;(H3,1,2,3,4). The summed E-state index contributed by atoms with van der Waals surface area (Å²) in [7, 11) is -4.64. The molecule has 0 atom stereocenters. The molecule has 1 aromatic carbocycles. The van der Waals surface area contributed by atoms with Crippen molar-refractivity contribution in [1.29, 1.82) is 0 Å². The molecule has 1 aromatic rings. The van der Waals surface area contributed by atoms with Gasteiger partial charge in [-0.05, 0) is 18.2 Å². The SMILES string of the molecule is Clc1cc(Cl)cc(Cl)c1.NN.O=P(O)(O)O. The number of rotatable bonds is 0. The summed E-state index contributed by atoms with van der Waals surface area (Å²) in [6.07, 6.45) is 0. The van der Waals surface area contributed by atoms with E-state index in [-0.39, 0.29) is 0 Å². The average Bonchev–Trinajstić information content (AvgIpc) is 2.01. The maximum absolute atomic E-state index is 8.88. The Morgan fingerprint density at radius 2 is 1.00 bits per heavy atom. The Morgan fingerprint density at radius 3 is 1.12 bits per heavy atom. The van der Waals surface area contributed by atoms with Crippen LogP contribution in [0.15, 0.2) is 18.2 Å². The predicted molar refractivity (Wildman–Crippen MR) is 64.1 cm³/mol. The van der Waals surface area contributed by atoms with E-state index in [1.807, 2.05) is 0 Å². The number of halogens is 3. The van der Waals surface area contributed by atoms with Crippen molar-refractivity contribution in [2.24, 2.45) is 11.7 Å². The molecule has 0 bridgehead atoms. The van der Waals surface area contributed by atoms with E-state index < -0.39 is 7.82 Å². The monoisotopic (exact) mass is 310 g/mol. The van der Waals surface area contributed by atoms with Crippen molar-refractivity contribution in [1.82, 2.24) is 0 Å². The van der Waals surface area contributed by atoms with Gasteiger partial charge in [0.15, 0.2) is 0 Å². The number of hydrazine groups is 1. The smallest absolute Gasteiger partial charge is 0.303 e. The van der Waals surface area contributed by atoms with Crippen LogP contribution in [0.3, 0.4) is 0 Å². The molecule has 0 radical (unpaired) electrons. The fourth-order valence-corrected chi connectivity index (χ4v) is 1.39. The van der Waals surface area contributed by atoms with Crippen LogP contribution in [0.25, 0.3) is 0 Å². The zero-order valence-corrected chi connectivity index (χ0v) is 10.9. The summed E-state index contributed by atoms with van der Waals surface area (Å²) in [6.45, 7) is 0. The van der Waals surface area contributed by atoms with E-state index >= 15 is 0 Å². The molecule has 0 unspecified atom stereocenters. The molecule has 0 aliphatic heterocycles. The van der Waals surface area contributed by atoms with Crippen molar-refractivity contribution < 1.29 is 19.2 Å².